The Morgan fingerprint density at radius 3 is 2.20 bits per heavy atom. The maximum Gasteiger partial charge on any atom is 0.137 e. The van der Waals surface area contributed by atoms with E-state index in [1.54, 1.807) is 0 Å². The number of furan rings is 1. The Morgan fingerprint density at radius 2 is 1.31 bits per heavy atom. The molecule has 0 amide bonds. The molecule has 9 aromatic rings. The zero-order valence-corrected chi connectivity index (χ0v) is 29.6. The summed E-state index contributed by atoms with van der Waals surface area (Å²) in [6.45, 7) is 0. The molecule has 0 saturated carbocycles. The van der Waals surface area contributed by atoms with Crippen molar-refractivity contribution in [3.8, 4) is 28.1 Å². The number of hydrogen-bond acceptors (Lipinski definition) is 4. The number of hydrogen-bond donors (Lipinski definition) is 1. The molecule has 258 valence electrons. The van der Waals surface area contributed by atoms with E-state index in [1.807, 2.05) is 24.4 Å². The van der Waals surface area contributed by atoms with Crippen molar-refractivity contribution in [2.45, 2.75) is 6.04 Å². The van der Waals surface area contributed by atoms with Gasteiger partial charge in [-0.2, -0.15) is 0 Å². The molecule has 5 heteroatoms. The molecule has 1 N–H and O–H groups in total. The van der Waals surface area contributed by atoms with Crippen LogP contribution in [0.5, 0.6) is 0 Å². The summed E-state index contributed by atoms with van der Waals surface area (Å²) in [5.41, 5.74) is 17.7. The maximum atomic E-state index is 6.43. The normalized spacial score (nSPS) is 15.3. The molecular weight excluding hydrogens is 673 g/mol. The van der Waals surface area contributed by atoms with Crippen LogP contribution in [-0.2, 0) is 0 Å². The van der Waals surface area contributed by atoms with Gasteiger partial charge >= 0.3 is 0 Å². The van der Waals surface area contributed by atoms with Gasteiger partial charge in [0.15, 0.2) is 0 Å². The minimum atomic E-state index is 0.0251. The number of dihydropyridines is 1. The van der Waals surface area contributed by atoms with Crippen LogP contribution in [-0.4, -0.2) is 9.55 Å². The Balaban J connectivity index is 1.02. The summed E-state index contributed by atoms with van der Waals surface area (Å²) in [6.07, 6.45) is 10.6. The highest BCUT2D eigenvalue weighted by Gasteiger charge is 2.32. The van der Waals surface area contributed by atoms with E-state index in [0.717, 1.165) is 84.0 Å². The monoisotopic (exact) mass is 704 g/mol. The van der Waals surface area contributed by atoms with Gasteiger partial charge in [0.1, 0.15) is 11.2 Å². The van der Waals surface area contributed by atoms with Gasteiger partial charge in [-0.25, -0.2) is 0 Å². The number of nitrogens with one attached hydrogen (secondary N) is 1. The number of allylic oxidation sites excluding steroid dienone is 2. The number of aromatic nitrogens is 2. The summed E-state index contributed by atoms with van der Waals surface area (Å²) in [6, 6.07) is 54.4. The second-order valence-corrected chi connectivity index (χ2v) is 14.4. The van der Waals surface area contributed by atoms with Crippen LogP contribution in [0.2, 0.25) is 0 Å². The molecule has 0 radical (unpaired) electrons. The van der Waals surface area contributed by atoms with Gasteiger partial charge < -0.3 is 19.2 Å². The van der Waals surface area contributed by atoms with E-state index >= 15 is 0 Å². The molecule has 5 nitrogen and oxygen atoms in total. The maximum absolute atomic E-state index is 6.43. The third-order valence-electron chi connectivity index (χ3n) is 11.4. The predicted molar refractivity (Wildman–Crippen MR) is 225 cm³/mol. The smallest absolute Gasteiger partial charge is 0.137 e. The Hall–Kier alpha value is -7.37. The van der Waals surface area contributed by atoms with Gasteiger partial charge in [-0.15, -0.1) is 0 Å². The van der Waals surface area contributed by atoms with E-state index in [4.69, 9.17) is 9.40 Å². The summed E-state index contributed by atoms with van der Waals surface area (Å²) < 4.78 is 8.86. The van der Waals surface area contributed by atoms with Gasteiger partial charge in [0.05, 0.1) is 34.3 Å². The first-order chi connectivity index (χ1) is 27.3. The standard InChI is InChI=1S/C50H32N4O/c1-5-15-42-38(12-1)47-39-13-2-6-16-43(39)54(35-26-27-37-36-11-4-8-18-45(36)55-46(37)30-35)50(47)40-14-3-7-17-44(40)53(42)34-24-21-31(22-25-34)41-28-23-33-20-19-32-10-9-29-51-48(32)49(33)52-41/h1-30,49,52H. The molecule has 6 aromatic carbocycles. The lowest BCUT2D eigenvalue weighted by atomic mass is 9.90. The largest absolute Gasteiger partial charge is 0.456 e. The summed E-state index contributed by atoms with van der Waals surface area (Å²) in [4.78, 5) is 7.16. The Morgan fingerprint density at radius 1 is 0.582 bits per heavy atom. The number of rotatable bonds is 3. The van der Waals surface area contributed by atoms with Crippen LogP contribution >= 0.6 is 0 Å². The van der Waals surface area contributed by atoms with Crippen molar-refractivity contribution in [1.82, 2.24) is 14.9 Å². The molecular formula is C50H32N4O. The van der Waals surface area contributed by atoms with Crippen LogP contribution in [0.1, 0.15) is 22.9 Å². The lowest BCUT2D eigenvalue weighted by Gasteiger charge is -2.30. The van der Waals surface area contributed by atoms with Gasteiger partial charge in [0.25, 0.3) is 0 Å². The van der Waals surface area contributed by atoms with Gasteiger partial charge in [-0.05, 0) is 77.4 Å². The van der Waals surface area contributed by atoms with Crippen LogP contribution in [0.25, 0.3) is 72.7 Å². The minimum absolute atomic E-state index is 0.0251. The van der Waals surface area contributed by atoms with Gasteiger partial charge in [-0.1, -0.05) is 109 Å². The summed E-state index contributed by atoms with van der Waals surface area (Å²) in [5, 5.41) is 7.25. The first kappa shape index (κ1) is 30.1. The first-order valence-corrected chi connectivity index (χ1v) is 18.7. The Labute approximate surface area is 317 Å². The third-order valence-corrected chi connectivity index (χ3v) is 11.4. The van der Waals surface area contributed by atoms with Crippen molar-refractivity contribution >= 4 is 61.7 Å². The molecule has 1 unspecified atom stereocenters. The van der Waals surface area contributed by atoms with Gasteiger partial charge in [-0.3, -0.25) is 4.98 Å². The molecule has 5 heterocycles. The van der Waals surface area contributed by atoms with Crippen molar-refractivity contribution < 1.29 is 4.42 Å². The predicted octanol–water partition coefficient (Wildman–Crippen LogP) is 12.7. The van der Waals surface area contributed by atoms with E-state index < -0.39 is 0 Å². The molecule has 0 saturated heterocycles. The molecule has 0 bridgehead atoms. The number of benzene rings is 6. The summed E-state index contributed by atoms with van der Waals surface area (Å²) >= 11 is 0. The molecule has 55 heavy (non-hydrogen) atoms. The van der Waals surface area contributed by atoms with E-state index in [2.05, 4.69) is 173 Å². The molecule has 2 aliphatic heterocycles. The fraction of sp³-hybridized carbons (Fsp3) is 0.0200. The Kier molecular flexibility index (Phi) is 6.33. The zero-order valence-electron chi connectivity index (χ0n) is 29.6. The van der Waals surface area contributed by atoms with Crippen molar-refractivity contribution in [2.75, 3.05) is 4.90 Å². The molecule has 0 spiro atoms. The van der Waals surface area contributed by atoms with Crippen molar-refractivity contribution in [1.29, 1.82) is 0 Å². The average Bonchev–Trinajstić information content (AvgIpc) is 3.76. The molecule has 0 fully saturated rings. The average molecular weight is 705 g/mol. The lowest BCUT2D eigenvalue weighted by molar-refractivity contribution is 0.668. The third kappa shape index (κ3) is 4.44. The number of nitrogens with zero attached hydrogens (tertiary/aromatic N) is 3. The minimum Gasteiger partial charge on any atom is -0.456 e. The van der Waals surface area contributed by atoms with Crippen LogP contribution < -0.4 is 10.2 Å². The molecule has 3 aliphatic rings. The molecule has 3 aromatic heterocycles. The lowest BCUT2D eigenvalue weighted by Crippen LogP contribution is -2.26. The Bertz CT molecular complexity index is 3140. The van der Waals surface area contributed by atoms with Crippen LogP contribution in [0.4, 0.5) is 17.1 Å². The SMILES string of the molecule is C1=Cc2cccnc2C2NC(c3ccc(N4c5ccccc5-c5c(n(-c6ccc7c(c6)oc6ccccc67)c6ccccc56)-c5ccccc54)cc3)=CC=C12. The quantitative estimate of drug-likeness (QED) is 0.199. The number of pyridine rings is 1. The summed E-state index contributed by atoms with van der Waals surface area (Å²) in [5.74, 6) is 0. The zero-order chi connectivity index (χ0) is 36.0. The highest BCUT2D eigenvalue weighted by atomic mass is 16.3. The van der Waals surface area contributed by atoms with Gasteiger partial charge in [0, 0.05) is 62.2 Å². The molecule has 12 rings (SSSR count). The highest BCUT2D eigenvalue weighted by molar-refractivity contribution is 6.13. The number of para-hydroxylation sites is 4. The highest BCUT2D eigenvalue weighted by Crippen LogP contribution is 2.54. The summed E-state index contributed by atoms with van der Waals surface area (Å²) in [7, 11) is 0. The molecule has 1 aliphatic carbocycles. The second kappa shape index (κ2) is 11.6. The number of fused-ring (bicyclic) bond motifs is 13. The fourth-order valence-corrected chi connectivity index (χ4v) is 8.95. The topological polar surface area (TPSA) is 46.2 Å². The van der Waals surface area contributed by atoms with E-state index in [1.165, 1.54) is 22.1 Å². The second-order valence-electron chi connectivity index (χ2n) is 14.4. The first-order valence-electron chi connectivity index (χ1n) is 18.7. The van der Waals surface area contributed by atoms with E-state index in [0.29, 0.717) is 0 Å². The van der Waals surface area contributed by atoms with Gasteiger partial charge in [0.2, 0.25) is 0 Å². The van der Waals surface area contributed by atoms with E-state index in [9.17, 15) is 0 Å². The van der Waals surface area contributed by atoms with Crippen molar-refractivity contribution in [3.63, 3.8) is 0 Å². The van der Waals surface area contributed by atoms with E-state index in [-0.39, 0.29) is 6.04 Å². The van der Waals surface area contributed by atoms with Crippen molar-refractivity contribution in [2.24, 2.45) is 0 Å². The fourth-order valence-electron chi connectivity index (χ4n) is 8.95. The van der Waals surface area contributed by atoms with Crippen molar-refractivity contribution in [3.05, 3.63) is 198 Å². The number of anilines is 3. The van der Waals surface area contributed by atoms with Crippen LogP contribution in [0.15, 0.2) is 186 Å². The van der Waals surface area contributed by atoms with Crippen LogP contribution in [0, 0.1) is 0 Å². The molecule has 1 atom stereocenters. The van der Waals surface area contributed by atoms with Crippen LogP contribution in [0.3, 0.4) is 0 Å².